The summed E-state index contributed by atoms with van der Waals surface area (Å²) < 4.78 is 4.54. The van der Waals surface area contributed by atoms with E-state index in [2.05, 4.69) is 4.74 Å². The van der Waals surface area contributed by atoms with Crippen molar-refractivity contribution in [1.29, 1.82) is 0 Å². The van der Waals surface area contributed by atoms with Crippen LogP contribution < -0.4 is 0 Å². The van der Waals surface area contributed by atoms with Crippen LogP contribution in [0.4, 0.5) is 0 Å². The minimum atomic E-state index is -0.730. The Bertz CT molecular complexity index is 191. The SMILES string of the molecule is COC(=O)C(CC=O)N(CCO)CCO. The fraction of sp³-hybridized carbons (Fsp3) is 0.778. The normalized spacial score (nSPS) is 12.5. The number of hydrogen-bond donors (Lipinski definition) is 2. The topological polar surface area (TPSA) is 87.1 Å². The van der Waals surface area contributed by atoms with Crippen LogP contribution in [0.1, 0.15) is 6.42 Å². The van der Waals surface area contributed by atoms with Gasteiger partial charge in [-0.25, -0.2) is 0 Å². The third-order valence-corrected chi connectivity index (χ3v) is 2.01. The zero-order valence-electron chi connectivity index (χ0n) is 8.76. The Labute approximate surface area is 88.4 Å². The average molecular weight is 219 g/mol. The molecule has 15 heavy (non-hydrogen) atoms. The first-order valence-corrected chi connectivity index (χ1v) is 4.68. The van der Waals surface area contributed by atoms with E-state index in [1.807, 2.05) is 0 Å². The second-order valence-corrected chi connectivity index (χ2v) is 2.92. The summed E-state index contributed by atoms with van der Waals surface area (Å²) in [5.41, 5.74) is 0. The zero-order valence-corrected chi connectivity index (χ0v) is 8.76. The third-order valence-electron chi connectivity index (χ3n) is 2.01. The molecule has 2 N–H and O–H groups in total. The smallest absolute Gasteiger partial charge is 0.323 e. The monoisotopic (exact) mass is 219 g/mol. The van der Waals surface area contributed by atoms with E-state index in [4.69, 9.17) is 10.2 Å². The number of methoxy groups -OCH3 is 1. The maximum Gasteiger partial charge on any atom is 0.323 e. The van der Waals surface area contributed by atoms with Crippen molar-refractivity contribution in [3.05, 3.63) is 0 Å². The standard InChI is InChI=1S/C9H17NO5/c1-15-9(14)8(2-5-11)10(3-6-12)4-7-13/h5,8,12-13H,2-4,6-7H2,1H3. The second kappa shape index (κ2) is 8.34. The number of aliphatic hydroxyl groups is 2. The molecule has 0 aromatic rings. The molecule has 1 atom stereocenters. The van der Waals surface area contributed by atoms with Crippen LogP contribution in [0.5, 0.6) is 0 Å². The molecule has 0 aliphatic heterocycles. The highest BCUT2D eigenvalue weighted by atomic mass is 16.5. The van der Waals surface area contributed by atoms with E-state index < -0.39 is 12.0 Å². The van der Waals surface area contributed by atoms with Crippen molar-refractivity contribution in [3.63, 3.8) is 0 Å². The van der Waals surface area contributed by atoms with Crippen LogP contribution in [0, 0.1) is 0 Å². The number of nitrogens with zero attached hydrogens (tertiary/aromatic N) is 1. The summed E-state index contributed by atoms with van der Waals surface area (Å²) in [5.74, 6) is -0.538. The molecular formula is C9H17NO5. The van der Waals surface area contributed by atoms with Crippen molar-refractivity contribution in [2.24, 2.45) is 0 Å². The van der Waals surface area contributed by atoms with Crippen molar-refractivity contribution in [3.8, 4) is 0 Å². The lowest BCUT2D eigenvalue weighted by Crippen LogP contribution is -2.45. The Kier molecular flexibility index (Phi) is 7.79. The first-order valence-electron chi connectivity index (χ1n) is 4.68. The lowest BCUT2D eigenvalue weighted by atomic mass is 10.2. The lowest BCUT2D eigenvalue weighted by molar-refractivity contribution is -0.148. The highest BCUT2D eigenvalue weighted by Crippen LogP contribution is 2.04. The van der Waals surface area contributed by atoms with E-state index in [-0.39, 0.29) is 32.7 Å². The molecule has 0 spiro atoms. The van der Waals surface area contributed by atoms with Gasteiger partial charge in [0.25, 0.3) is 0 Å². The Morgan fingerprint density at radius 3 is 2.27 bits per heavy atom. The number of aliphatic hydroxyl groups excluding tert-OH is 2. The molecule has 0 heterocycles. The van der Waals surface area contributed by atoms with Gasteiger partial charge in [-0.05, 0) is 0 Å². The maximum absolute atomic E-state index is 11.3. The Hall–Kier alpha value is -0.980. The predicted molar refractivity (Wildman–Crippen MR) is 52.2 cm³/mol. The molecule has 0 saturated heterocycles. The van der Waals surface area contributed by atoms with Gasteiger partial charge in [0.1, 0.15) is 12.3 Å². The van der Waals surface area contributed by atoms with E-state index in [9.17, 15) is 9.59 Å². The second-order valence-electron chi connectivity index (χ2n) is 2.92. The minimum Gasteiger partial charge on any atom is -0.468 e. The lowest BCUT2D eigenvalue weighted by Gasteiger charge is -2.26. The molecule has 0 rings (SSSR count). The number of carbonyl (C=O) groups excluding carboxylic acids is 2. The maximum atomic E-state index is 11.3. The summed E-state index contributed by atoms with van der Waals surface area (Å²) in [4.78, 5) is 23.2. The highest BCUT2D eigenvalue weighted by Gasteiger charge is 2.25. The summed E-state index contributed by atoms with van der Waals surface area (Å²) in [6.45, 7) is 0.140. The molecule has 0 aromatic heterocycles. The Balaban J connectivity index is 4.49. The van der Waals surface area contributed by atoms with E-state index >= 15 is 0 Å². The number of rotatable bonds is 8. The summed E-state index contributed by atoms with van der Waals surface area (Å²) >= 11 is 0. The average Bonchev–Trinajstić information content (AvgIpc) is 2.25. The summed E-state index contributed by atoms with van der Waals surface area (Å²) in [7, 11) is 1.23. The van der Waals surface area contributed by atoms with E-state index in [0.717, 1.165) is 0 Å². The summed E-state index contributed by atoms with van der Waals surface area (Å²) in [6, 6.07) is -0.730. The Morgan fingerprint density at radius 1 is 1.40 bits per heavy atom. The van der Waals surface area contributed by atoms with Crippen molar-refractivity contribution >= 4 is 12.3 Å². The molecular weight excluding hydrogens is 202 g/mol. The van der Waals surface area contributed by atoms with E-state index in [1.54, 1.807) is 0 Å². The number of carbonyl (C=O) groups is 2. The number of hydrogen-bond acceptors (Lipinski definition) is 6. The van der Waals surface area contributed by atoms with Crippen LogP contribution in [-0.2, 0) is 14.3 Å². The van der Waals surface area contributed by atoms with Crippen molar-refractivity contribution in [2.45, 2.75) is 12.5 Å². The van der Waals surface area contributed by atoms with Crippen molar-refractivity contribution < 1.29 is 24.5 Å². The van der Waals surface area contributed by atoms with Gasteiger partial charge in [0.05, 0.1) is 20.3 Å². The van der Waals surface area contributed by atoms with Crippen LogP contribution in [0.2, 0.25) is 0 Å². The van der Waals surface area contributed by atoms with Gasteiger partial charge >= 0.3 is 5.97 Å². The van der Waals surface area contributed by atoms with Crippen LogP contribution in [0.25, 0.3) is 0 Å². The van der Waals surface area contributed by atoms with Gasteiger partial charge in [0.15, 0.2) is 0 Å². The van der Waals surface area contributed by atoms with Gasteiger partial charge in [0.2, 0.25) is 0 Å². The van der Waals surface area contributed by atoms with Crippen LogP contribution in [-0.4, -0.2) is 66.8 Å². The van der Waals surface area contributed by atoms with Gasteiger partial charge in [-0.2, -0.15) is 0 Å². The fourth-order valence-corrected chi connectivity index (χ4v) is 1.30. The largest absolute Gasteiger partial charge is 0.468 e. The quantitative estimate of drug-likeness (QED) is 0.378. The van der Waals surface area contributed by atoms with Crippen LogP contribution in [0.15, 0.2) is 0 Å². The number of ether oxygens (including phenoxy) is 1. The first-order chi connectivity index (χ1) is 7.21. The molecule has 0 aromatic carbocycles. The number of aldehydes is 1. The summed E-state index contributed by atoms with van der Waals surface area (Å²) in [6.07, 6.45) is 0.607. The molecule has 0 saturated carbocycles. The van der Waals surface area contributed by atoms with Crippen molar-refractivity contribution in [1.82, 2.24) is 4.90 Å². The van der Waals surface area contributed by atoms with Gasteiger partial charge in [-0.15, -0.1) is 0 Å². The molecule has 1 unspecified atom stereocenters. The van der Waals surface area contributed by atoms with E-state index in [0.29, 0.717) is 6.29 Å². The molecule has 0 aliphatic carbocycles. The van der Waals surface area contributed by atoms with Gasteiger partial charge < -0.3 is 19.7 Å². The van der Waals surface area contributed by atoms with Crippen molar-refractivity contribution in [2.75, 3.05) is 33.4 Å². The molecule has 6 nitrogen and oxygen atoms in total. The fourth-order valence-electron chi connectivity index (χ4n) is 1.30. The highest BCUT2D eigenvalue weighted by molar-refractivity contribution is 5.78. The number of esters is 1. The van der Waals surface area contributed by atoms with Crippen LogP contribution in [0.3, 0.4) is 0 Å². The van der Waals surface area contributed by atoms with Gasteiger partial charge in [-0.1, -0.05) is 0 Å². The molecule has 0 fully saturated rings. The minimum absolute atomic E-state index is 0.00727. The van der Waals surface area contributed by atoms with Crippen LogP contribution >= 0.6 is 0 Å². The van der Waals surface area contributed by atoms with E-state index in [1.165, 1.54) is 12.0 Å². The molecule has 6 heteroatoms. The third kappa shape index (κ3) is 4.87. The molecule has 0 aliphatic rings. The first kappa shape index (κ1) is 14.0. The molecule has 0 bridgehead atoms. The molecule has 0 radical (unpaired) electrons. The summed E-state index contributed by atoms with van der Waals surface area (Å²) in [5, 5.41) is 17.5. The Morgan fingerprint density at radius 2 is 1.93 bits per heavy atom. The predicted octanol–water partition coefficient (Wildman–Crippen LogP) is -1.60. The van der Waals surface area contributed by atoms with Gasteiger partial charge in [-0.3, -0.25) is 9.69 Å². The zero-order chi connectivity index (χ0) is 11.7. The van der Waals surface area contributed by atoms with Gasteiger partial charge in [0, 0.05) is 19.5 Å². The molecule has 0 amide bonds. The molecule has 88 valence electrons.